The minimum Gasteiger partial charge on any atom is -0.481 e. The van der Waals surface area contributed by atoms with Gasteiger partial charge in [-0.2, -0.15) is 0 Å². The Morgan fingerprint density at radius 2 is 1.75 bits per heavy atom. The summed E-state index contributed by atoms with van der Waals surface area (Å²) < 4.78 is 0. The summed E-state index contributed by atoms with van der Waals surface area (Å²) in [4.78, 5) is 27.3. The maximum atomic E-state index is 12.6. The molecule has 1 aliphatic rings. The van der Waals surface area contributed by atoms with E-state index in [1.807, 2.05) is 4.90 Å². The van der Waals surface area contributed by atoms with Gasteiger partial charge in [0.25, 0.3) is 0 Å². The SMILES string of the molecule is CC(C)CN(CC(C)C)C(=O)N1CCCC(C(=O)O)C1. The Morgan fingerprint density at radius 1 is 1.20 bits per heavy atom. The standard InChI is InChI=1S/C15H28N2O3/c1-11(2)8-17(9-12(3)4)15(20)16-7-5-6-13(10-16)14(18)19/h11-13H,5-10H2,1-4H3,(H,18,19). The van der Waals surface area contributed by atoms with Crippen LogP contribution in [0.2, 0.25) is 0 Å². The Hall–Kier alpha value is -1.26. The fourth-order valence-corrected chi connectivity index (χ4v) is 2.66. The lowest BCUT2D eigenvalue weighted by Crippen LogP contribution is -2.50. The van der Waals surface area contributed by atoms with Gasteiger partial charge in [0, 0.05) is 26.2 Å². The first-order valence-electron chi connectivity index (χ1n) is 7.58. The Bertz CT molecular complexity index is 332. The van der Waals surface area contributed by atoms with Gasteiger partial charge in [-0.25, -0.2) is 4.79 Å². The Labute approximate surface area is 121 Å². The molecule has 1 unspecified atom stereocenters. The predicted octanol–water partition coefficient (Wildman–Crippen LogP) is 2.52. The van der Waals surface area contributed by atoms with Crippen molar-refractivity contribution in [2.75, 3.05) is 26.2 Å². The number of aliphatic carboxylic acids is 1. The van der Waals surface area contributed by atoms with E-state index in [1.54, 1.807) is 4.90 Å². The van der Waals surface area contributed by atoms with E-state index in [9.17, 15) is 9.59 Å². The van der Waals surface area contributed by atoms with Crippen LogP contribution in [0, 0.1) is 17.8 Å². The van der Waals surface area contributed by atoms with Gasteiger partial charge in [-0.3, -0.25) is 4.79 Å². The van der Waals surface area contributed by atoms with Crippen molar-refractivity contribution < 1.29 is 14.7 Å². The predicted molar refractivity (Wildman–Crippen MR) is 78.6 cm³/mol. The van der Waals surface area contributed by atoms with Gasteiger partial charge in [-0.05, 0) is 24.7 Å². The van der Waals surface area contributed by atoms with Crippen LogP contribution in [0.5, 0.6) is 0 Å². The van der Waals surface area contributed by atoms with Crippen LogP contribution >= 0.6 is 0 Å². The van der Waals surface area contributed by atoms with Crippen LogP contribution in [0.15, 0.2) is 0 Å². The van der Waals surface area contributed by atoms with Crippen LogP contribution < -0.4 is 0 Å². The number of piperidine rings is 1. The number of carboxylic acids is 1. The van der Waals surface area contributed by atoms with Gasteiger partial charge in [-0.1, -0.05) is 27.7 Å². The molecule has 2 amide bonds. The molecule has 0 saturated carbocycles. The summed E-state index contributed by atoms with van der Waals surface area (Å²) in [6.45, 7) is 10.9. The molecule has 0 radical (unpaired) electrons. The van der Waals surface area contributed by atoms with Crippen molar-refractivity contribution >= 4 is 12.0 Å². The summed E-state index contributed by atoms with van der Waals surface area (Å²) in [6.07, 6.45) is 1.45. The molecule has 116 valence electrons. The van der Waals surface area contributed by atoms with Gasteiger partial charge in [0.1, 0.15) is 0 Å². The molecule has 0 bridgehead atoms. The monoisotopic (exact) mass is 284 g/mol. The molecule has 1 aliphatic heterocycles. The molecule has 1 rings (SSSR count). The fourth-order valence-electron chi connectivity index (χ4n) is 2.66. The number of carboxylic acid groups (broad SMARTS) is 1. The van der Waals surface area contributed by atoms with Crippen molar-refractivity contribution in [3.63, 3.8) is 0 Å². The zero-order chi connectivity index (χ0) is 15.3. The number of nitrogens with zero attached hydrogens (tertiary/aromatic N) is 2. The largest absolute Gasteiger partial charge is 0.481 e. The quantitative estimate of drug-likeness (QED) is 0.844. The van der Waals surface area contributed by atoms with Gasteiger partial charge in [0.2, 0.25) is 0 Å². The van der Waals surface area contributed by atoms with E-state index >= 15 is 0 Å². The Balaban J connectivity index is 2.69. The second-order valence-corrected chi connectivity index (χ2v) is 6.60. The summed E-state index contributed by atoms with van der Waals surface area (Å²) in [7, 11) is 0. The maximum absolute atomic E-state index is 12.6. The molecular weight excluding hydrogens is 256 g/mol. The molecule has 0 aliphatic carbocycles. The van der Waals surface area contributed by atoms with Crippen molar-refractivity contribution in [2.45, 2.75) is 40.5 Å². The lowest BCUT2D eigenvalue weighted by atomic mass is 9.98. The first kappa shape index (κ1) is 16.8. The number of likely N-dealkylation sites (tertiary alicyclic amines) is 1. The average Bonchev–Trinajstić information content (AvgIpc) is 2.36. The third-order valence-electron chi connectivity index (χ3n) is 3.48. The fraction of sp³-hybridized carbons (Fsp3) is 0.867. The van der Waals surface area contributed by atoms with Crippen LogP contribution in [0.4, 0.5) is 4.79 Å². The lowest BCUT2D eigenvalue weighted by molar-refractivity contribution is -0.143. The zero-order valence-electron chi connectivity index (χ0n) is 13.1. The molecule has 0 aromatic rings. The van der Waals surface area contributed by atoms with E-state index in [2.05, 4.69) is 27.7 Å². The second kappa shape index (κ2) is 7.50. The number of urea groups is 1. The number of rotatable bonds is 5. The second-order valence-electron chi connectivity index (χ2n) is 6.60. The summed E-state index contributed by atoms with van der Waals surface area (Å²) in [5.41, 5.74) is 0. The molecule has 1 atom stereocenters. The number of hydrogen-bond donors (Lipinski definition) is 1. The first-order valence-corrected chi connectivity index (χ1v) is 7.58. The van der Waals surface area contributed by atoms with Crippen LogP contribution in [-0.4, -0.2) is 53.1 Å². The highest BCUT2D eigenvalue weighted by molar-refractivity contribution is 5.76. The van der Waals surface area contributed by atoms with Crippen LogP contribution in [-0.2, 0) is 4.79 Å². The molecule has 1 saturated heterocycles. The molecule has 5 nitrogen and oxygen atoms in total. The van der Waals surface area contributed by atoms with Gasteiger partial charge in [-0.15, -0.1) is 0 Å². The van der Waals surface area contributed by atoms with Gasteiger partial charge in [0.05, 0.1) is 5.92 Å². The third kappa shape index (κ3) is 5.02. The maximum Gasteiger partial charge on any atom is 0.320 e. The van der Waals surface area contributed by atoms with E-state index in [0.717, 1.165) is 19.5 Å². The third-order valence-corrected chi connectivity index (χ3v) is 3.48. The van der Waals surface area contributed by atoms with E-state index in [-0.39, 0.29) is 6.03 Å². The number of carbonyl (C=O) groups is 2. The molecular formula is C15H28N2O3. The summed E-state index contributed by atoms with van der Waals surface area (Å²) in [5, 5.41) is 9.12. The van der Waals surface area contributed by atoms with Crippen molar-refractivity contribution in [3.8, 4) is 0 Å². The summed E-state index contributed by atoms with van der Waals surface area (Å²) >= 11 is 0. The normalized spacial score (nSPS) is 19.5. The van der Waals surface area contributed by atoms with E-state index in [4.69, 9.17) is 5.11 Å². The van der Waals surface area contributed by atoms with E-state index in [0.29, 0.717) is 31.3 Å². The molecule has 1 heterocycles. The van der Waals surface area contributed by atoms with Gasteiger partial charge in [0.15, 0.2) is 0 Å². The highest BCUT2D eigenvalue weighted by Crippen LogP contribution is 2.19. The van der Waals surface area contributed by atoms with Crippen LogP contribution in [0.3, 0.4) is 0 Å². The Kier molecular flexibility index (Phi) is 6.30. The number of hydrogen-bond acceptors (Lipinski definition) is 2. The molecule has 1 N–H and O–H groups in total. The highest BCUT2D eigenvalue weighted by atomic mass is 16.4. The van der Waals surface area contributed by atoms with Crippen molar-refractivity contribution in [3.05, 3.63) is 0 Å². The van der Waals surface area contributed by atoms with Crippen LogP contribution in [0.25, 0.3) is 0 Å². The van der Waals surface area contributed by atoms with E-state index in [1.165, 1.54) is 0 Å². The van der Waals surface area contributed by atoms with Crippen molar-refractivity contribution in [1.82, 2.24) is 9.80 Å². The smallest absolute Gasteiger partial charge is 0.320 e. The molecule has 0 aromatic carbocycles. The molecule has 0 aromatic heterocycles. The minimum absolute atomic E-state index is 0.00153. The molecule has 5 heteroatoms. The number of amides is 2. The molecule has 20 heavy (non-hydrogen) atoms. The first-order chi connectivity index (χ1) is 9.31. The summed E-state index contributed by atoms with van der Waals surface area (Å²) in [6, 6.07) is -0.00153. The molecule has 1 fully saturated rings. The van der Waals surface area contributed by atoms with Crippen molar-refractivity contribution in [2.24, 2.45) is 17.8 Å². The van der Waals surface area contributed by atoms with E-state index < -0.39 is 11.9 Å². The van der Waals surface area contributed by atoms with Crippen LogP contribution in [0.1, 0.15) is 40.5 Å². The lowest BCUT2D eigenvalue weighted by Gasteiger charge is -2.36. The average molecular weight is 284 g/mol. The van der Waals surface area contributed by atoms with Gasteiger partial charge >= 0.3 is 12.0 Å². The topological polar surface area (TPSA) is 60.9 Å². The van der Waals surface area contributed by atoms with Gasteiger partial charge < -0.3 is 14.9 Å². The number of carbonyl (C=O) groups excluding carboxylic acids is 1. The minimum atomic E-state index is -0.790. The Morgan fingerprint density at radius 3 is 2.20 bits per heavy atom. The zero-order valence-corrected chi connectivity index (χ0v) is 13.1. The summed E-state index contributed by atoms with van der Waals surface area (Å²) in [5.74, 6) is -0.370. The molecule has 0 spiro atoms. The highest BCUT2D eigenvalue weighted by Gasteiger charge is 2.30. The van der Waals surface area contributed by atoms with Crippen molar-refractivity contribution in [1.29, 1.82) is 0 Å².